The molecule has 7 nitrogen and oxygen atoms in total. The molecule has 0 radical (unpaired) electrons. The minimum Gasteiger partial charge on any atom is -0.493 e. The quantitative estimate of drug-likeness (QED) is 0.149. The molecule has 1 aliphatic carbocycles. The Hall–Kier alpha value is -3.03. The normalized spacial score (nSPS) is 16.7. The standard InChI is InChI=1S/C38H58N2O5/c1-26(2)29(21-28-15-16-34(44-8)35(22-28)45-20-12-19-43-7)23-30(25-39)33(41)24-32(27(3)4)36(42)40-37(5,6)38(17-18-38)31-13-10-9-11-14-31/h9-11,13-16,22,25-27,29,32-33,41H,12,17-21,23-24,39H2,1-8H3,(H,40,42)/b30-25+/t29-,32-,33-/m0/s1. The third-order valence-corrected chi connectivity index (χ3v) is 9.89. The lowest BCUT2D eigenvalue weighted by Gasteiger charge is -2.38. The third-order valence-electron chi connectivity index (χ3n) is 9.89. The van der Waals surface area contributed by atoms with Crippen molar-refractivity contribution in [3.05, 3.63) is 71.4 Å². The summed E-state index contributed by atoms with van der Waals surface area (Å²) in [5.41, 5.74) is 8.85. The Morgan fingerprint density at radius 2 is 1.71 bits per heavy atom. The molecular weight excluding hydrogens is 564 g/mol. The largest absolute Gasteiger partial charge is 0.493 e. The Bertz CT molecular complexity index is 1240. The van der Waals surface area contributed by atoms with Gasteiger partial charge in [0.2, 0.25) is 5.91 Å². The number of hydrogen-bond donors (Lipinski definition) is 3. The van der Waals surface area contributed by atoms with Crippen LogP contribution in [-0.2, 0) is 21.4 Å². The zero-order valence-corrected chi connectivity index (χ0v) is 28.9. The van der Waals surface area contributed by atoms with E-state index in [0.717, 1.165) is 42.6 Å². The Morgan fingerprint density at radius 1 is 1.02 bits per heavy atom. The number of nitrogens with two attached hydrogens (primary N) is 1. The van der Waals surface area contributed by atoms with Crippen LogP contribution in [0.15, 0.2) is 60.3 Å². The van der Waals surface area contributed by atoms with Crippen LogP contribution in [0.3, 0.4) is 0 Å². The molecule has 0 heterocycles. The summed E-state index contributed by atoms with van der Waals surface area (Å²) in [6.07, 6.45) is 5.39. The van der Waals surface area contributed by atoms with Crippen molar-refractivity contribution in [2.75, 3.05) is 27.4 Å². The van der Waals surface area contributed by atoms with Gasteiger partial charge < -0.3 is 30.4 Å². The van der Waals surface area contributed by atoms with Crippen molar-refractivity contribution in [3.8, 4) is 11.5 Å². The predicted molar refractivity (Wildman–Crippen MR) is 182 cm³/mol. The fourth-order valence-corrected chi connectivity index (χ4v) is 6.56. The molecular formula is C38H58N2O5. The maximum Gasteiger partial charge on any atom is 0.223 e. The Morgan fingerprint density at radius 3 is 2.27 bits per heavy atom. The molecule has 7 heteroatoms. The Balaban J connectivity index is 1.69. The zero-order valence-electron chi connectivity index (χ0n) is 28.9. The van der Waals surface area contributed by atoms with Crippen LogP contribution in [0.5, 0.6) is 11.5 Å². The lowest BCUT2D eigenvalue weighted by atomic mass is 9.77. The van der Waals surface area contributed by atoms with E-state index in [0.29, 0.717) is 37.7 Å². The summed E-state index contributed by atoms with van der Waals surface area (Å²) >= 11 is 0. The fourth-order valence-electron chi connectivity index (χ4n) is 6.56. The first-order chi connectivity index (χ1) is 21.4. The van der Waals surface area contributed by atoms with Gasteiger partial charge >= 0.3 is 0 Å². The smallest absolute Gasteiger partial charge is 0.223 e. The van der Waals surface area contributed by atoms with Crippen LogP contribution in [0.4, 0.5) is 0 Å². The van der Waals surface area contributed by atoms with E-state index in [1.165, 1.54) is 5.56 Å². The summed E-state index contributed by atoms with van der Waals surface area (Å²) in [6, 6.07) is 16.6. The first kappa shape index (κ1) is 36.4. The molecule has 0 bridgehead atoms. The van der Waals surface area contributed by atoms with Crippen molar-refractivity contribution in [2.45, 2.75) is 97.1 Å². The molecule has 2 aromatic rings. The van der Waals surface area contributed by atoms with Gasteiger partial charge in [-0.2, -0.15) is 0 Å². The van der Waals surface area contributed by atoms with E-state index in [1.54, 1.807) is 20.4 Å². The number of carbonyl (C=O) groups is 1. The van der Waals surface area contributed by atoms with Crippen molar-refractivity contribution in [3.63, 3.8) is 0 Å². The highest BCUT2D eigenvalue weighted by molar-refractivity contribution is 5.80. The monoisotopic (exact) mass is 622 g/mol. The summed E-state index contributed by atoms with van der Waals surface area (Å²) in [5.74, 6) is 1.70. The van der Waals surface area contributed by atoms with Gasteiger partial charge in [0.15, 0.2) is 11.5 Å². The van der Waals surface area contributed by atoms with Gasteiger partial charge in [-0.05, 0) is 98.7 Å². The Kier molecular flexibility index (Phi) is 13.4. The molecule has 0 aromatic heterocycles. The molecule has 4 N–H and O–H groups in total. The van der Waals surface area contributed by atoms with Gasteiger partial charge in [0.05, 0.1) is 19.8 Å². The summed E-state index contributed by atoms with van der Waals surface area (Å²) in [4.78, 5) is 13.8. The summed E-state index contributed by atoms with van der Waals surface area (Å²) < 4.78 is 16.7. The van der Waals surface area contributed by atoms with Crippen LogP contribution in [0.1, 0.15) is 84.8 Å². The van der Waals surface area contributed by atoms with Gasteiger partial charge in [-0.3, -0.25) is 4.79 Å². The van der Waals surface area contributed by atoms with Gasteiger partial charge in [0, 0.05) is 37.0 Å². The maximum atomic E-state index is 13.8. The van der Waals surface area contributed by atoms with E-state index < -0.39 is 11.6 Å². The molecule has 0 saturated heterocycles. The number of amides is 1. The molecule has 0 aliphatic heterocycles. The minimum absolute atomic E-state index is 0.00991. The topological polar surface area (TPSA) is 103 Å². The van der Waals surface area contributed by atoms with Crippen molar-refractivity contribution in [1.82, 2.24) is 5.32 Å². The highest BCUT2D eigenvalue weighted by Gasteiger charge is 2.56. The van der Waals surface area contributed by atoms with Crippen LogP contribution in [-0.4, -0.2) is 50.1 Å². The van der Waals surface area contributed by atoms with Crippen LogP contribution in [0.2, 0.25) is 0 Å². The molecule has 0 spiro atoms. The van der Waals surface area contributed by atoms with E-state index in [-0.39, 0.29) is 29.1 Å². The number of hydrogen-bond acceptors (Lipinski definition) is 6. The van der Waals surface area contributed by atoms with Crippen LogP contribution < -0.4 is 20.5 Å². The molecule has 45 heavy (non-hydrogen) atoms. The molecule has 1 fully saturated rings. The molecule has 1 saturated carbocycles. The van der Waals surface area contributed by atoms with Gasteiger partial charge in [0.25, 0.3) is 0 Å². The molecule has 3 rings (SSSR count). The zero-order chi connectivity index (χ0) is 33.2. The molecule has 250 valence electrons. The van der Waals surface area contributed by atoms with Crippen molar-refractivity contribution in [1.29, 1.82) is 0 Å². The van der Waals surface area contributed by atoms with Gasteiger partial charge in [0.1, 0.15) is 0 Å². The summed E-state index contributed by atoms with van der Waals surface area (Å²) in [6.45, 7) is 13.9. The number of nitrogens with one attached hydrogen (secondary N) is 1. The maximum absolute atomic E-state index is 13.8. The number of carbonyl (C=O) groups excluding carboxylic acids is 1. The lowest BCUT2D eigenvalue weighted by molar-refractivity contribution is -0.129. The fraction of sp³-hybridized carbons (Fsp3) is 0.605. The van der Waals surface area contributed by atoms with E-state index in [9.17, 15) is 9.90 Å². The van der Waals surface area contributed by atoms with E-state index >= 15 is 0 Å². The van der Waals surface area contributed by atoms with Crippen LogP contribution >= 0.6 is 0 Å². The van der Waals surface area contributed by atoms with Crippen molar-refractivity contribution >= 4 is 5.91 Å². The number of methoxy groups -OCH3 is 2. The van der Waals surface area contributed by atoms with Crippen LogP contribution in [0.25, 0.3) is 0 Å². The number of rotatable bonds is 19. The van der Waals surface area contributed by atoms with Gasteiger partial charge in [-0.25, -0.2) is 0 Å². The molecule has 1 aliphatic rings. The highest BCUT2D eigenvalue weighted by Crippen LogP contribution is 2.55. The molecule has 1 amide bonds. The lowest BCUT2D eigenvalue weighted by Crippen LogP contribution is -2.54. The number of benzene rings is 2. The molecule has 2 aromatic carbocycles. The average Bonchev–Trinajstić information content (AvgIpc) is 3.83. The number of ether oxygens (including phenoxy) is 3. The average molecular weight is 623 g/mol. The molecule has 3 atom stereocenters. The van der Waals surface area contributed by atoms with E-state index in [4.69, 9.17) is 19.9 Å². The minimum atomic E-state index is -0.808. The number of aliphatic hydroxyl groups excluding tert-OH is 1. The van der Waals surface area contributed by atoms with Crippen LogP contribution in [0, 0.1) is 23.7 Å². The first-order valence-electron chi connectivity index (χ1n) is 16.6. The van der Waals surface area contributed by atoms with Crippen molar-refractivity contribution < 1.29 is 24.1 Å². The third kappa shape index (κ3) is 9.49. The predicted octanol–water partition coefficient (Wildman–Crippen LogP) is 6.81. The van der Waals surface area contributed by atoms with Crippen molar-refractivity contribution in [2.24, 2.45) is 29.4 Å². The number of aliphatic hydroxyl groups is 1. The Labute approximate surface area is 271 Å². The summed E-state index contributed by atoms with van der Waals surface area (Å²) in [5, 5.41) is 14.9. The van der Waals surface area contributed by atoms with E-state index in [1.807, 2.05) is 18.2 Å². The second kappa shape index (κ2) is 16.5. The second-order valence-corrected chi connectivity index (χ2v) is 14.0. The van der Waals surface area contributed by atoms with Gasteiger partial charge in [-0.15, -0.1) is 0 Å². The highest BCUT2D eigenvalue weighted by atomic mass is 16.5. The van der Waals surface area contributed by atoms with E-state index in [2.05, 4.69) is 77.2 Å². The first-order valence-corrected chi connectivity index (χ1v) is 16.6. The van der Waals surface area contributed by atoms with Gasteiger partial charge in [-0.1, -0.05) is 64.1 Å². The SMILES string of the molecule is COCCCOc1cc(C[C@@H](C/C(=C\N)[C@@H](O)C[C@H](C(=O)NC(C)(C)C2(c3ccccc3)CC2)C(C)C)C(C)C)ccc1OC. The second-order valence-electron chi connectivity index (χ2n) is 14.0. The molecule has 0 unspecified atom stereocenters. The summed E-state index contributed by atoms with van der Waals surface area (Å²) in [7, 11) is 3.33.